The van der Waals surface area contributed by atoms with Crippen LogP contribution in [0.5, 0.6) is 0 Å². The maximum Gasteiger partial charge on any atom is 0.0480 e. The van der Waals surface area contributed by atoms with Crippen LogP contribution in [0.2, 0.25) is 0 Å². The third kappa shape index (κ3) is 3.74. The van der Waals surface area contributed by atoms with E-state index >= 15 is 0 Å². The van der Waals surface area contributed by atoms with E-state index in [-0.39, 0.29) is 0 Å². The Balaban J connectivity index is 1.63. The Hall–Kier alpha value is -0.0800. The van der Waals surface area contributed by atoms with Crippen molar-refractivity contribution >= 4 is 0 Å². The molecule has 2 fully saturated rings. The average Bonchev–Trinajstić information content (AvgIpc) is 2.29. The molecule has 0 aromatic rings. The SMILES string of the molecule is CC1(C)CCC(CNC2CCOCC2)CC1. The Bertz CT molecular complexity index is 199. The van der Waals surface area contributed by atoms with Crippen LogP contribution in [0.3, 0.4) is 0 Å². The summed E-state index contributed by atoms with van der Waals surface area (Å²) in [7, 11) is 0. The second-order valence-electron chi connectivity index (χ2n) is 6.40. The predicted octanol–water partition coefficient (Wildman–Crippen LogP) is 2.97. The molecule has 0 amide bonds. The lowest BCUT2D eigenvalue weighted by molar-refractivity contribution is 0.0752. The molecule has 94 valence electrons. The van der Waals surface area contributed by atoms with Gasteiger partial charge in [-0.25, -0.2) is 0 Å². The minimum absolute atomic E-state index is 0.606. The molecule has 0 bridgehead atoms. The molecular weight excluding hydrogens is 198 g/mol. The highest BCUT2D eigenvalue weighted by Crippen LogP contribution is 2.37. The summed E-state index contributed by atoms with van der Waals surface area (Å²) >= 11 is 0. The summed E-state index contributed by atoms with van der Waals surface area (Å²) in [6, 6.07) is 0.726. The molecule has 2 heteroatoms. The fraction of sp³-hybridized carbons (Fsp3) is 1.00. The van der Waals surface area contributed by atoms with Gasteiger partial charge in [-0.05, 0) is 56.4 Å². The van der Waals surface area contributed by atoms with Crippen LogP contribution in [0.25, 0.3) is 0 Å². The van der Waals surface area contributed by atoms with Gasteiger partial charge < -0.3 is 10.1 Å². The maximum atomic E-state index is 5.38. The van der Waals surface area contributed by atoms with Gasteiger partial charge in [-0.2, -0.15) is 0 Å². The summed E-state index contributed by atoms with van der Waals surface area (Å²) in [5.74, 6) is 0.927. The van der Waals surface area contributed by atoms with Gasteiger partial charge >= 0.3 is 0 Å². The van der Waals surface area contributed by atoms with E-state index in [1.54, 1.807) is 0 Å². The predicted molar refractivity (Wildman–Crippen MR) is 67.6 cm³/mol. The molecule has 1 aliphatic carbocycles. The molecule has 0 radical (unpaired) electrons. The van der Waals surface area contributed by atoms with Gasteiger partial charge in [-0.1, -0.05) is 13.8 Å². The van der Waals surface area contributed by atoms with Crippen LogP contribution in [-0.4, -0.2) is 25.8 Å². The zero-order valence-corrected chi connectivity index (χ0v) is 10.9. The Labute approximate surface area is 100 Å². The number of ether oxygens (including phenoxy) is 1. The van der Waals surface area contributed by atoms with Crippen molar-refractivity contribution in [2.24, 2.45) is 11.3 Å². The van der Waals surface area contributed by atoms with E-state index in [9.17, 15) is 0 Å². The zero-order valence-electron chi connectivity index (χ0n) is 10.9. The topological polar surface area (TPSA) is 21.3 Å². The summed E-state index contributed by atoms with van der Waals surface area (Å²) in [6.45, 7) is 7.97. The smallest absolute Gasteiger partial charge is 0.0480 e. The Morgan fingerprint density at radius 2 is 1.69 bits per heavy atom. The number of hydrogen-bond donors (Lipinski definition) is 1. The van der Waals surface area contributed by atoms with E-state index in [0.717, 1.165) is 25.2 Å². The Kier molecular flexibility index (Phi) is 4.26. The van der Waals surface area contributed by atoms with Crippen LogP contribution in [0.4, 0.5) is 0 Å². The van der Waals surface area contributed by atoms with Gasteiger partial charge in [-0.15, -0.1) is 0 Å². The van der Waals surface area contributed by atoms with E-state index < -0.39 is 0 Å². The van der Waals surface area contributed by atoms with Gasteiger partial charge in [-0.3, -0.25) is 0 Å². The van der Waals surface area contributed by atoms with Crippen molar-refractivity contribution in [2.45, 2.75) is 58.4 Å². The van der Waals surface area contributed by atoms with Gasteiger partial charge in [0, 0.05) is 19.3 Å². The van der Waals surface area contributed by atoms with Gasteiger partial charge in [0.05, 0.1) is 0 Å². The molecule has 2 aliphatic rings. The van der Waals surface area contributed by atoms with Crippen LogP contribution in [0.1, 0.15) is 52.4 Å². The third-order valence-corrected chi connectivity index (χ3v) is 4.38. The number of rotatable bonds is 3. The van der Waals surface area contributed by atoms with Gasteiger partial charge in [0.25, 0.3) is 0 Å². The fourth-order valence-corrected chi connectivity index (χ4v) is 2.90. The molecule has 16 heavy (non-hydrogen) atoms. The molecule has 1 N–H and O–H groups in total. The molecule has 2 nitrogen and oxygen atoms in total. The van der Waals surface area contributed by atoms with Crippen molar-refractivity contribution in [2.75, 3.05) is 19.8 Å². The van der Waals surface area contributed by atoms with Crippen molar-refractivity contribution < 1.29 is 4.74 Å². The van der Waals surface area contributed by atoms with Crippen molar-refractivity contribution in [3.05, 3.63) is 0 Å². The first-order valence-electron chi connectivity index (χ1n) is 6.97. The Morgan fingerprint density at radius 1 is 1.06 bits per heavy atom. The maximum absolute atomic E-state index is 5.38. The molecule has 1 aliphatic heterocycles. The minimum atomic E-state index is 0.606. The summed E-state index contributed by atoms with van der Waals surface area (Å²) in [4.78, 5) is 0. The van der Waals surface area contributed by atoms with Gasteiger partial charge in [0.15, 0.2) is 0 Å². The van der Waals surface area contributed by atoms with Crippen LogP contribution in [0, 0.1) is 11.3 Å². The van der Waals surface area contributed by atoms with E-state index in [1.165, 1.54) is 45.1 Å². The monoisotopic (exact) mass is 225 g/mol. The highest BCUT2D eigenvalue weighted by atomic mass is 16.5. The summed E-state index contributed by atoms with van der Waals surface area (Å²) in [5, 5.41) is 3.74. The molecule has 1 saturated heterocycles. The third-order valence-electron chi connectivity index (χ3n) is 4.38. The molecule has 1 heterocycles. The lowest BCUT2D eigenvalue weighted by Crippen LogP contribution is -2.38. The molecule has 0 aromatic heterocycles. The summed E-state index contributed by atoms with van der Waals surface area (Å²) in [5.41, 5.74) is 0.606. The molecule has 1 saturated carbocycles. The lowest BCUT2D eigenvalue weighted by Gasteiger charge is -2.35. The average molecular weight is 225 g/mol. The number of nitrogens with one attached hydrogen (secondary N) is 1. The molecule has 0 atom stereocenters. The van der Waals surface area contributed by atoms with E-state index in [0.29, 0.717) is 5.41 Å². The van der Waals surface area contributed by atoms with E-state index in [1.807, 2.05) is 0 Å². The van der Waals surface area contributed by atoms with Gasteiger partial charge in [0.1, 0.15) is 0 Å². The second-order valence-corrected chi connectivity index (χ2v) is 6.40. The van der Waals surface area contributed by atoms with Crippen LogP contribution >= 0.6 is 0 Å². The molecular formula is C14H27NO. The molecule has 0 spiro atoms. The highest BCUT2D eigenvalue weighted by molar-refractivity contribution is 4.80. The van der Waals surface area contributed by atoms with E-state index in [2.05, 4.69) is 19.2 Å². The molecule has 0 aromatic carbocycles. The van der Waals surface area contributed by atoms with Gasteiger partial charge in [0.2, 0.25) is 0 Å². The summed E-state index contributed by atoms with van der Waals surface area (Å²) < 4.78 is 5.38. The highest BCUT2D eigenvalue weighted by Gasteiger charge is 2.27. The van der Waals surface area contributed by atoms with Crippen molar-refractivity contribution in [1.29, 1.82) is 0 Å². The van der Waals surface area contributed by atoms with Crippen LogP contribution in [-0.2, 0) is 4.74 Å². The first-order valence-corrected chi connectivity index (χ1v) is 6.97. The first kappa shape index (κ1) is 12.4. The fourth-order valence-electron chi connectivity index (χ4n) is 2.90. The van der Waals surface area contributed by atoms with Crippen molar-refractivity contribution in [3.8, 4) is 0 Å². The molecule has 2 rings (SSSR count). The van der Waals surface area contributed by atoms with Crippen molar-refractivity contribution in [3.63, 3.8) is 0 Å². The van der Waals surface area contributed by atoms with Crippen LogP contribution < -0.4 is 5.32 Å². The van der Waals surface area contributed by atoms with E-state index in [4.69, 9.17) is 4.74 Å². The lowest BCUT2D eigenvalue weighted by atomic mass is 9.73. The second kappa shape index (κ2) is 5.50. The van der Waals surface area contributed by atoms with Crippen molar-refractivity contribution in [1.82, 2.24) is 5.32 Å². The largest absolute Gasteiger partial charge is 0.381 e. The first-order chi connectivity index (χ1) is 7.66. The zero-order chi connectivity index (χ0) is 11.4. The minimum Gasteiger partial charge on any atom is -0.381 e. The molecule has 0 unspecified atom stereocenters. The summed E-state index contributed by atoms with van der Waals surface area (Å²) in [6.07, 6.45) is 8.07. The number of hydrogen-bond acceptors (Lipinski definition) is 2. The standard InChI is InChI=1S/C14H27NO/c1-14(2)7-3-12(4-8-14)11-15-13-5-9-16-10-6-13/h12-13,15H,3-11H2,1-2H3. The van der Waals surface area contributed by atoms with Crippen LogP contribution in [0.15, 0.2) is 0 Å². The Morgan fingerprint density at radius 3 is 2.31 bits per heavy atom. The normalized spacial score (nSPS) is 28.1. The quantitative estimate of drug-likeness (QED) is 0.797.